The molecule has 1 aliphatic rings. The van der Waals surface area contributed by atoms with E-state index in [2.05, 4.69) is 10.4 Å². The lowest BCUT2D eigenvalue weighted by Crippen LogP contribution is -2.43. The zero-order valence-corrected chi connectivity index (χ0v) is 11.0. The average Bonchev–Trinajstić information content (AvgIpc) is 2.58. The van der Waals surface area contributed by atoms with Gasteiger partial charge in [0.1, 0.15) is 5.67 Å². The summed E-state index contributed by atoms with van der Waals surface area (Å²) in [5, 5.41) is 7.56. The molecule has 1 saturated heterocycles. The number of hydrogen-bond donors (Lipinski definition) is 1. The van der Waals surface area contributed by atoms with Gasteiger partial charge >= 0.3 is 0 Å². The molecular formula is C13H22FN3. The molecule has 1 N–H and O–H groups in total. The molecule has 0 radical (unpaired) electrons. The monoisotopic (exact) mass is 239 g/mol. The number of nitrogens with zero attached hydrogens (tertiary/aromatic N) is 2. The highest BCUT2D eigenvalue weighted by atomic mass is 19.1. The molecule has 96 valence electrons. The molecule has 0 amide bonds. The van der Waals surface area contributed by atoms with E-state index in [1.807, 2.05) is 20.0 Å². The molecule has 0 aromatic carbocycles. The maximum atomic E-state index is 14.8. The molecule has 1 fully saturated rings. The zero-order chi connectivity index (χ0) is 12.5. The zero-order valence-electron chi connectivity index (χ0n) is 11.0. The number of halogens is 1. The lowest BCUT2D eigenvalue weighted by molar-refractivity contribution is 0.0813. The van der Waals surface area contributed by atoms with Crippen LogP contribution < -0.4 is 5.32 Å². The van der Waals surface area contributed by atoms with E-state index in [0.29, 0.717) is 6.42 Å². The Labute approximate surface area is 102 Å². The van der Waals surface area contributed by atoms with Crippen LogP contribution in [0.5, 0.6) is 0 Å². The Kier molecular flexibility index (Phi) is 3.52. The maximum absolute atomic E-state index is 14.8. The van der Waals surface area contributed by atoms with Gasteiger partial charge in [-0.1, -0.05) is 0 Å². The van der Waals surface area contributed by atoms with Crippen LogP contribution in [-0.4, -0.2) is 28.5 Å². The third kappa shape index (κ3) is 2.86. The van der Waals surface area contributed by atoms with Gasteiger partial charge in [0, 0.05) is 31.6 Å². The van der Waals surface area contributed by atoms with E-state index in [1.54, 1.807) is 11.6 Å². The fraction of sp³-hybridized carbons (Fsp3) is 0.769. The molecule has 4 heteroatoms. The summed E-state index contributed by atoms with van der Waals surface area (Å²) >= 11 is 0. The van der Waals surface area contributed by atoms with Crippen LogP contribution in [0.3, 0.4) is 0 Å². The van der Waals surface area contributed by atoms with E-state index in [0.717, 1.165) is 37.3 Å². The van der Waals surface area contributed by atoms with Crippen LogP contribution in [0.4, 0.5) is 4.39 Å². The maximum Gasteiger partial charge on any atom is 0.117 e. The fourth-order valence-corrected chi connectivity index (χ4v) is 2.69. The third-order valence-electron chi connectivity index (χ3n) is 3.77. The van der Waals surface area contributed by atoms with Crippen LogP contribution >= 0.6 is 0 Å². The highest BCUT2D eigenvalue weighted by Crippen LogP contribution is 2.31. The van der Waals surface area contributed by atoms with Crippen molar-refractivity contribution >= 4 is 0 Å². The standard InChI is InChI=1S/C13H22FN3/c1-10-7-12(17(3)16-10)8-13(2,14)11-5-4-6-15-9-11/h7,11,15H,4-6,8-9H2,1-3H3. The van der Waals surface area contributed by atoms with Crippen molar-refractivity contribution in [2.24, 2.45) is 13.0 Å². The van der Waals surface area contributed by atoms with Gasteiger partial charge < -0.3 is 5.32 Å². The molecule has 2 atom stereocenters. The second-order valence-corrected chi connectivity index (χ2v) is 5.40. The first-order valence-electron chi connectivity index (χ1n) is 6.38. The minimum absolute atomic E-state index is 0.117. The van der Waals surface area contributed by atoms with Crippen molar-refractivity contribution in [3.8, 4) is 0 Å². The molecule has 1 aromatic heterocycles. The molecule has 2 unspecified atom stereocenters. The molecule has 3 nitrogen and oxygen atoms in total. The Bertz CT molecular complexity index is 378. The van der Waals surface area contributed by atoms with Crippen molar-refractivity contribution in [3.63, 3.8) is 0 Å². The van der Waals surface area contributed by atoms with Gasteiger partial charge in [0.05, 0.1) is 5.69 Å². The lowest BCUT2D eigenvalue weighted by atomic mass is 9.82. The summed E-state index contributed by atoms with van der Waals surface area (Å²) in [7, 11) is 1.89. The molecule has 0 saturated carbocycles. The minimum atomic E-state index is -1.15. The van der Waals surface area contributed by atoms with E-state index in [9.17, 15) is 4.39 Å². The van der Waals surface area contributed by atoms with Gasteiger partial charge in [0.2, 0.25) is 0 Å². The average molecular weight is 239 g/mol. The number of rotatable bonds is 3. The van der Waals surface area contributed by atoms with Gasteiger partial charge in [-0.25, -0.2) is 4.39 Å². The van der Waals surface area contributed by atoms with Crippen LogP contribution in [0.2, 0.25) is 0 Å². The molecule has 1 aliphatic heterocycles. The van der Waals surface area contributed by atoms with E-state index in [1.165, 1.54) is 0 Å². The number of alkyl halides is 1. The minimum Gasteiger partial charge on any atom is -0.316 e. The number of piperidine rings is 1. The molecule has 17 heavy (non-hydrogen) atoms. The molecule has 2 rings (SSSR count). The Morgan fingerprint density at radius 2 is 2.41 bits per heavy atom. The Morgan fingerprint density at radius 1 is 1.65 bits per heavy atom. The van der Waals surface area contributed by atoms with Crippen molar-refractivity contribution in [3.05, 3.63) is 17.5 Å². The molecular weight excluding hydrogens is 217 g/mol. The number of aromatic nitrogens is 2. The second-order valence-electron chi connectivity index (χ2n) is 5.40. The number of aryl methyl sites for hydroxylation is 2. The summed E-state index contributed by atoms with van der Waals surface area (Å²) in [6.07, 6.45) is 2.52. The summed E-state index contributed by atoms with van der Waals surface area (Å²) in [5.74, 6) is 0.117. The number of nitrogens with one attached hydrogen (secondary N) is 1. The number of hydrogen-bond acceptors (Lipinski definition) is 2. The lowest BCUT2D eigenvalue weighted by Gasteiger charge is -2.33. The van der Waals surface area contributed by atoms with E-state index >= 15 is 0 Å². The molecule has 1 aromatic rings. The highest BCUT2D eigenvalue weighted by Gasteiger charge is 2.35. The van der Waals surface area contributed by atoms with Crippen LogP contribution in [0, 0.1) is 12.8 Å². The smallest absolute Gasteiger partial charge is 0.117 e. The predicted octanol–water partition coefficient (Wildman–Crippen LogP) is 2.00. The van der Waals surface area contributed by atoms with Gasteiger partial charge in [-0.15, -0.1) is 0 Å². The summed E-state index contributed by atoms with van der Waals surface area (Å²) in [5.41, 5.74) is 0.798. The van der Waals surface area contributed by atoms with Gasteiger partial charge in [-0.3, -0.25) is 4.68 Å². The van der Waals surface area contributed by atoms with Crippen molar-refractivity contribution in [2.75, 3.05) is 13.1 Å². The van der Waals surface area contributed by atoms with Gasteiger partial charge in [-0.05, 0) is 39.3 Å². The van der Waals surface area contributed by atoms with Crippen LogP contribution in [0.1, 0.15) is 31.2 Å². The van der Waals surface area contributed by atoms with E-state index < -0.39 is 5.67 Å². The quantitative estimate of drug-likeness (QED) is 0.874. The molecule has 0 bridgehead atoms. The van der Waals surface area contributed by atoms with Gasteiger partial charge in [0.15, 0.2) is 0 Å². The summed E-state index contributed by atoms with van der Waals surface area (Å²) in [4.78, 5) is 0. The topological polar surface area (TPSA) is 29.9 Å². The normalized spacial score (nSPS) is 24.6. The molecule has 2 heterocycles. The predicted molar refractivity (Wildman–Crippen MR) is 66.8 cm³/mol. The largest absolute Gasteiger partial charge is 0.316 e. The van der Waals surface area contributed by atoms with Crippen LogP contribution in [0.25, 0.3) is 0 Å². The van der Waals surface area contributed by atoms with Crippen molar-refractivity contribution in [2.45, 2.75) is 38.8 Å². The van der Waals surface area contributed by atoms with E-state index in [-0.39, 0.29) is 5.92 Å². The second kappa shape index (κ2) is 4.77. The first kappa shape index (κ1) is 12.6. The first-order valence-corrected chi connectivity index (χ1v) is 6.38. The fourth-order valence-electron chi connectivity index (χ4n) is 2.69. The van der Waals surface area contributed by atoms with Crippen LogP contribution in [0.15, 0.2) is 6.07 Å². The summed E-state index contributed by atoms with van der Waals surface area (Å²) in [6, 6.07) is 1.98. The van der Waals surface area contributed by atoms with Crippen LogP contribution in [-0.2, 0) is 13.5 Å². The van der Waals surface area contributed by atoms with Crippen molar-refractivity contribution < 1.29 is 4.39 Å². The third-order valence-corrected chi connectivity index (χ3v) is 3.77. The molecule has 0 spiro atoms. The van der Waals surface area contributed by atoms with Gasteiger partial charge in [-0.2, -0.15) is 5.10 Å². The highest BCUT2D eigenvalue weighted by molar-refractivity contribution is 5.12. The Balaban J connectivity index is 2.07. The van der Waals surface area contributed by atoms with Crippen molar-refractivity contribution in [1.29, 1.82) is 0 Å². The Morgan fingerprint density at radius 3 is 2.94 bits per heavy atom. The van der Waals surface area contributed by atoms with E-state index in [4.69, 9.17) is 0 Å². The summed E-state index contributed by atoms with van der Waals surface area (Å²) in [6.45, 7) is 5.50. The first-order chi connectivity index (χ1) is 7.99. The SMILES string of the molecule is Cc1cc(CC(C)(F)C2CCCNC2)n(C)n1. The Hall–Kier alpha value is -0.900. The summed E-state index contributed by atoms with van der Waals surface area (Å²) < 4.78 is 16.6. The van der Waals surface area contributed by atoms with Crippen molar-refractivity contribution in [1.82, 2.24) is 15.1 Å². The molecule has 0 aliphatic carbocycles. The van der Waals surface area contributed by atoms with Gasteiger partial charge in [0.25, 0.3) is 0 Å².